The Morgan fingerprint density at radius 3 is 2.95 bits per heavy atom. The van der Waals surface area contributed by atoms with Crippen molar-refractivity contribution in [1.82, 2.24) is 15.3 Å². The highest BCUT2D eigenvalue weighted by atomic mass is 16.5. The molecule has 1 atom stereocenters. The topological polar surface area (TPSA) is 47.0 Å². The van der Waals surface area contributed by atoms with Gasteiger partial charge in [0, 0.05) is 31.2 Å². The summed E-state index contributed by atoms with van der Waals surface area (Å²) in [6, 6.07) is 8.29. The van der Waals surface area contributed by atoms with Crippen molar-refractivity contribution in [2.45, 2.75) is 26.4 Å². The molecule has 0 radical (unpaired) electrons. The van der Waals surface area contributed by atoms with Crippen LogP contribution >= 0.6 is 0 Å². The summed E-state index contributed by atoms with van der Waals surface area (Å²) >= 11 is 0. The van der Waals surface area contributed by atoms with E-state index in [-0.39, 0.29) is 6.04 Å². The molecule has 0 amide bonds. The number of nitrogens with zero attached hydrogens (tertiary/aromatic N) is 2. The van der Waals surface area contributed by atoms with Gasteiger partial charge in [0.05, 0.1) is 12.3 Å². The van der Waals surface area contributed by atoms with E-state index in [1.165, 1.54) is 5.56 Å². The summed E-state index contributed by atoms with van der Waals surface area (Å²) < 4.78 is 5.49. The molecule has 0 saturated heterocycles. The fourth-order valence-electron chi connectivity index (χ4n) is 1.82. The summed E-state index contributed by atoms with van der Waals surface area (Å²) in [7, 11) is 0. The van der Waals surface area contributed by atoms with Crippen LogP contribution in [0.25, 0.3) is 0 Å². The molecule has 100 valence electrons. The molecule has 0 spiro atoms. The van der Waals surface area contributed by atoms with Crippen LogP contribution in [0, 0.1) is 0 Å². The minimum Gasteiger partial charge on any atom is -0.494 e. The summed E-state index contributed by atoms with van der Waals surface area (Å²) in [5.41, 5.74) is 2.14. The predicted molar refractivity (Wildman–Crippen MR) is 74.9 cm³/mol. The van der Waals surface area contributed by atoms with E-state index < -0.39 is 0 Å². The van der Waals surface area contributed by atoms with E-state index in [1.54, 1.807) is 18.6 Å². The highest BCUT2D eigenvalue weighted by molar-refractivity contribution is 5.28. The van der Waals surface area contributed by atoms with Crippen molar-refractivity contribution in [3.8, 4) is 5.75 Å². The minimum atomic E-state index is 0.171. The molecule has 1 unspecified atom stereocenters. The Morgan fingerprint density at radius 1 is 1.32 bits per heavy atom. The largest absolute Gasteiger partial charge is 0.494 e. The van der Waals surface area contributed by atoms with Gasteiger partial charge in [-0.05, 0) is 31.5 Å². The SMILES string of the molecule is CCOc1cccc(CNC(C)c2cnccn2)c1. The van der Waals surface area contributed by atoms with Gasteiger partial charge in [-0.25, -0.2) is 0 Å². The molecular formula is C15H19N3O. The highest BCUT2D eigenvalue weighted by Crippen LogP contribution is 2.14. The molecule has 1 N–H and O–H groups in total. The van der Waals surface area contributed by atoms with E-state index in [4.69, 9.17) is 4.74 Å². The third kappa shape index (κ3) is 4.03. The maximum atomic E-state index is 5.49. The molecule has 2 rings (SSSR count). The Balaban J connectivity index is 1.93. The fraction of sp³-hybridized carbons (Fsp3) is 0.333. The second-order valence-electron chi connectivity index (χ2n) is 4.31. The van der Waals surface area contributed by atoms with Gasteiger partial charge in [0.15, 0.2) is 0 Å². The van der Waals surface area contributed by atoms with Crippen molar-refractivity contribution in [2.24, 2.45) is 0 Å². The Morgan fingerprint density at radius 2 is 2.21 bits per heavy atom. The molecule has 0 aliphatic heterocycles. The van der Waals surface area contributed by atoms with Crippen LogP contribution in [0.15, 0.2) is 42.9 Å². The maximum Gasteiger partial charge on any atom is 0.119 e. The average Bonchev–Trinajstić information content (AvgIpc) is 2.46. The molecule has 0 aliphatic rings. The van der Waals surface area contributed by atoms with Crippen molar-refractivity contribution in [1.29, 1.82) is 0 Å². The molecule has 0 bridgehead atoms. The van der Waals surface area contributed by atoms with Gasteiger partial charge < -0.3 is 10.1 Å². The number of hydrogen-bond acceptors (Lipinski definition) is 4. The van der Waals surface area contributed by atoms with Gasteiger partial charge in [0.25, 0.3) is 0 Å². The quantitative estimate of drug-likeness (QED) is 0.864. The van der Waals surface area contributed by atoms with Crippen molar-refractivity contribution in [2.75, 3.05) is 6.61 Å². The zero-order valence-corrected chi connectivity index (χ0v) is 11.3. The third-order valence-corrected chi connectivity index (χ3v) is 2.85. The summed E-state index contributed by atoms with van der Waals surface area (Å²) in [5, 5.41) is 3.43. The minimum absolute atomic E-state index is 0.171. The van der Waals surface area contributed by atoms with Crippen molar-refractivity contribution >= 4 is 0 Å². The van der Waals surface area contributed by atoms with Crippen molar-refractivity contribution in [3.05, 3.63) is 54.1 Å². The normalized spacial score (nSPS) is 12.1. The van der Waals surface area contributed by atoms with E-state index >= 15 is 0 Å². The number of rotatable bonds is 6. The van der Waals surface area contributed by atoms with Gasteiger partial charge in [0.2, 0.25) is 0 Å². The van der Waals surface area contributed by atoms with Gasteiger partial charge >= 0.3 is 0 Å². The van der Waals surface area contributed by atoms with Gasteiger partial charge in [-0.15, -0.1) is 0 Å². The van der Waals surface area contributed by atoms with Gasteiger partial charge in [-0.1, -0.05) is 12.1 Å². The number of nitrogens with one attached hydrogen (secondary N) is 1. The van der Waals surface area contributed by atoms with Crippen LogP contribution in [0.3, 0.4) is 0 Å². The standard InChI is InChI=1S/C15H19N3O/c1-3-19-14-6-4-5-13(9-14)10-18-12(2)15-11-16-7-8-17-15/h4-9,11-12,18H,3,10H2,1-2H3. The Hall–Kier alpha value is -1.94. The first-order valence-electron chi connectivity index (χ1n) is 6.50. The highest BCUT2D eigenvalue weighted by Gasteiger charge is 2.06. The van der Waals surface area contributed by atoms with Crippen molar-refractivity contribution in [3.63, 3.8) is 0 Å². The third-order valence-electron chi connectivity index (χ3n) is 2.85. The summed E-state index contributed by atoms with van der Waals surface area (Å²) in [6.45, 7) is 5.53. The van der Waals surface area contributed by atoms with Crippen LogP contribution in [0.5, 0.6) is 5.75 Å². The molecular weight excluding hydrogens is 238 g/mol. The lowest BCUT2D eigenvalue weighted by molar-refractivity contribution is 0.339. The van der Waals surface area contributed by atoms with E-state index in [1.807, 2.05) is 19.1 Å². The Labute approximate surface area is 113 Å². The summed E-state index contributed by atoms with van der Waals surface area (Å²) in [5.74, 6) is 0.911. The van der Waals surface area contributed by atoms with Crippen LogP contribution < -0.4 is 10.1 Å². The zero-order chi connectivity index (χ0) is 13.5. The molecule has 4 heteroatoms. The van der Waals surface area contributed by atoms with Crippen molar-refractivity contribution < 1.29 is 4.74 Å². The van der Waals surface area contributed by atoms with Crippen LogP contribution in [-0.2, 0) is 6.54 Å². The van der Waals surface area contributed by atoms with E-state index in [0.717, 1.165) is 18.0 Å². The van der Waals surface area contributed by atoms with E-state index in [2.05, 4.69) is 34.3 Å². The number of benzene rings is 1. The molecule has 1 aromatic carbocycles. The molecule has 1 heterocycles. The smallest absolute Gasteiger partial charge is 0.119 e. The molecule has 0 fully saturated rings. The lowest BCUT2D eigenvalue weighted by Crippen LogP contribution is -2.19. The lowest BCUT2D eigenvalue weighted by Gasteiger charge is -2.13. The zero-order valence-electron chi connectivity index (χ0n) is 11.3. The van der Waals surface area contributed by atoms with Crippen LogP contribution in [0.4, 0.5) is 0 Å². The number of hydrogen-bond donors (Lipinski definition) is 1. The molecule has 0 saturated carbocycles. The monoisotopic (exact) mass is 257 g/mol. The first-order chi connectivity index (χ1) is 9.29. The molecule has 0 aliphatic carbocycles. The Kier molecular flexibility index (Phi) is 4.86. The molecule has 2 aromatic rings. The average molecular weight is 257 g/mol. The molecule has 1 aromatic heterocycles. The fourth-order valence-corrected chi connectivity index (χ4v) is 1.82. The second kappa shape index (κ2) is 6.85. The summed E-state index contributed by atoms with van der Waals surface area (Å²) in [4.78, 5) is 8.36. The number of ether oxygens (including phenoxy) is 1. The first-order valence-corrected chi connectivity index (χ1v) is 6.50. The van der Waals surface area contributed by atoms with Gasteiger partial charge in [-0.2, -0.15) is 0 Å². The lowest BCUT2D eigenvalue weighted by atomic mass is 10.2. The summed E-state index contributed by atoms with van der Waals surface area (Å²) in [6.07, 6.45) is 5.18. The van der Waals surface area contributed by atoms with E-state index in [9.17, 15) is 0 Å². The van der Waals surface area contributed by atoms with Gasteiger partial charge in [0.1, 0.15) is 5.75 Å². The molecule has 19 heavy (non-hydrogen) atoms. The predicted octanol–water partition coefficient (Wildman–Crippen LogP) is 2.73. The Bertz CT molecular complexity index is 502. The van der Waals surface area contributed by atoms with E-state index in [0.29, 0.717) is 6.61 Å². The second-order valence-corrected chi connectivity index (χ2v) is 4.31. The van der Waals surface area contributed by atoms with Crippen LogP contribution in [0.2, 0.25) is 0 Å². The van der Waals surface area contributed by atoms with Crippen LogP contribution in [0.1, 0.15) is 31.1 Å². The van der Waals surface area contributed by atoms with Gasteiger partial charge in [-0.3, -0.25) is 9.97 Å². The van der Waals surface area contributed by atoms with Crippen LogP contribution in [-0.4, -0.2) is 16.6 Å². The molecule has 4 nitrogen and oxygen atoms in total. The maximum absolute atomic E-state index is 5.49. The first kappa shape index (κ1) is 13.5. The number of aromatic nitrogens is 2.